The van der Waals surface area contributed by atoms with Crippen LogP contribution in [0.25, 0.3) is 10.9 Å². The van der Waals surface area contributed by atoms with Gasteiger partial charge in [0.1, 0.15) is 0 Å². The number of carbonyl (C=O) groups is 1. The highest BCUT2D eigenvalue weighted by molar-refractivity contribution is 5.83. The minimum atomic E-state index is -4.93. The monoisotopic (exact) mass is 257 g/mol. The summed E-state index contributed by atoms with van der Waals surface area (Å²) in [7, 11) is 0. The lowest BCUT2D eigenvalue weighted by atomic mass is 10.1. The zero-order chi connectivity index (χ0) is 13.2. The highest BCUT2D eigenvalue weighted by atomic mass is 19.4. The highest BCUT2D eigenvalue weighted by Crippen LogP contribution is 2.19. The average Bonchev–Trinajstić information content (AvgIpc) is 2.71. The van der Waals surface area contributed by atoms with Crippen LogP contribution in [-0.2, 0) is 16.0 Å². The Morgan fingerprint density at radius 3 is 2.72 bits per heavy atom. The number of hydrogen-bond donors (Lipinski definition) is 1. The molecule has 1 heterocycles. The molecule has 96 valence electrons. The molecule has 6 heteroatoms. The summed E-state index contributed by atoms with van der Waals surface area (Å²) in [6.07, 6.45) is -2.99. The van der Waals surface area contributed by atoms with Crippen molar-refractivity contribution >= 4 is 16.9 Å². The van der Waals surface area contributed by atoms with Gasteiger partial charge in [0.05, 0.1) is 6.61 Å². The van der Waals surface area contributed by atoms with Crippen molar-refractivity contribution in [3.8, 4) is 0 Å². The summed E-state index contributed by atoms with van der Waals surface area (Å²) in [6.45, 7) is -0.291. The van der Waals surface area contributed by atoms with E-state index in [2.05, 4.69) is 9.72 Å². The topological polar surface area (TPSA) is 42.1 Å². The lowest BCUT2D eigenvalue weighted by Gasteiger charge is -2.06. The number of alkyl halides is 3. The summed E-state index contributed by atoms with van der Waals surface area (Å²) in [4.78, 5) is 13.5. The SMILES string of the molecule is O=C(OCCc1c[nH]c2ccccc12)C(F)(F)F. The van der Waals surface area contributed by atoms with E-state index in [0.717, 1.165) is 16.5 Å². The van der Waals surface area contributed by atoms with Gasteiger partial charge in [-0.05, 0) is 11.6 Å². The number of hydrogen-bond acceptors (Lipinski definition) is 2. The van der Waals surface area contributed by atoms with Crippen LogP contribution in [0.15, 0.2) is 30.5 Å². The summed E-state index contributed by atoms with van der Waals surface area (Å²) in [5.74, 6) is -2.15. The molecule has 0 saturated heterocycles. The Balaban J connectivity index is 1.97. The van der Waals surface area contributed by atoms with Crippen LogP contribution in [0.5, 0.6) is 0 Å². The van der Waals surface area contributed by atoms with Crippen LogP contribution in [0, 0.1) is 0 Å². The molecule has 3 nitrogen and oxygen atoms in total. The minimum Gasteiger partial charge on any atom is -0.459 e. The Labute approximate surface area is 101 Å². The van der Waals surface area contributed by atoms with E-state index in [1.165, 1.54) is 0 Å². The minimum absolute atomic E-state index is 0.242. The van der Waals surface area contributed by atoms with Crippen LogP contribution < -0.4 is 0 Å². The number of rotatable bonds is 3. The second-order valence-corrected chi connectivity index (χ2v) is 3.74. The standard InChI is InChI=1S/C12H10F3NO2/c13-12(14,15)11(17)18-6-5-8-7-16-10-4-2-1-3-9(8)10/h1-4,7,16H,5-6H2. The first-order chi connectivity index (χ1) is 8.48. The van der Waals surface area contributed by atoms with Crippen molar-refractivity contribution in [3.63, 3.8) is 0 Å². The molecule has 1 aromatic heterocycles. The Bertz CT molecular complexity index is 560. The number of halogens is 3. The van der Waals surface area contributed by atoms with Crippen molar-refractivity contribution in [2.45, 2.75) is 12.6 Å². The maximum absolute atomic E-state index is 11.9. The molecule has 0 saturated carbocycles. The number of aromatic nitrogens is 1. The molecule has 2 aromatic rings. The van der Waals surface area contributed by atoms with Gasteiger partial charge in [-0.25, -0.2) is 4.79 Å². The summed E-state index contributed by atoms with van der Waals surface area (Å²) in [5.41, 5.74) is 1.72. The maximum atomic E-state index is 11.9. The molecule has 0 bridgehead atoms. The van der Waals surface area contributed by atoms with Gasteiger partial charge in [-0.1, -0.05) is 18.2 Å². The quantitative estimate of drug-likeness (QED) is 0.859. The number of fused-ring (bicyclic) bond motifs is 1. The number of benzene rings is 1. The molecule has 2 rings (SSSR count). The predicted molar refractivity (Wildman–Crippen MR) is 59.0 cm³/mol. The first-order valence-electron chi connectivity index (χ1n) is 5.27. The highest BCUT2D eigenvalue weighted by Gasteiger charge is 2.40. The average molecular weight is 257 g/mol. The molecule has 0 unspecified atom stereocenters. The number of esters is 1. The van der Waals surface area contributed by atoms with Crippen LogP contribution in [0.4, 0.5) is 13.2 Å². The van der Waals surface area contributed by atoms with Crippen LogP contribution in [0.3, 0.4) is 0 Å². The van der Waals surface area contributed by atoms with E-state index in [4.69, 9.17) is 0 Å². The molecule has 1 N–H and O–H groups in total. The third kappa shape index (κ3) is 2.64. The van der Waals surface area contributed by atoms with E-state index in [0.29, 0.717) is 0 Å². The van der Waals surface area contributed by atoms with Crippen molar-refractivity contribution in [1.82, 2.24) is 4.98 Å². The van der Waals surface area contributed by atoms with Gasteiger partial charge in [0.15, 0.2) is 0 Å². The van der Waals surface area contributed by atoms with E-state index in [1.807, 2.05) is 24.3 Å². The molecule has 0 amide bonds. The van der Waals surface area contributed by atoms with E-state index in [-0.39, 0.29) is 13.0 Å². The smallest absolute Gasteiger partial charge is 0.459 e. The van der Waals surface area contributed by atoms with E-state index >= 15 is 0 Å². The Morgan fingerprint density at radius 1 is 1.28 bits per heavy atom. The van der Waals surface area contributed by atoms with E-state index < -0.39 is 12.1 Å². The molecule has 0 aliphatic carbocycles. The number of nitrogens with one attached hydrogen (secondary N) is 1. The molecule has 18 heavy (non-hydrogen) atoms. The number of ether oxygens (including phenoxy) is 1. The Kier molecular flexibility index (Phi) is 3.27. The summed E-state index contributed by atoms with van der Waals surface area (Å²) < 4.78 is 39.8. The third-order valence-corrected chi connectivity index (χ3v) is 2.51. The van der Waals surface area contributed by atoms with Crippen molar-refractivity contribution < 1.29 is 22.7 Å². The predicted octanol–water partition coefficient (Wildman–Crippen LogP) is 2.82. The van der Waals surface area contributed by atoms with Crippen LogP contribution in [0.1, 0.15) is 5.56 Å². The van der Waals surface area contributed by atoms with Gasteiger partial charge in [-0.3, -0.25) is 0 Å². The number of para-hydroxylation sites is 1. The lowest BCUT2D eigenvalue weighted by molar-refractivity contribution is -0.199. The van der Waals surface area contributed by atoms with Crippen molar-refractivity contribution in [3.05, 3.63) is 36.0 Å². The van der Waals surface area contributed by atoms with Gasteiger partial charge in [0, 0.05) is 23.5 Å². The number of H-pyrrole nitrogens is 1. The van der Waals surface area contributed by atoms with Crippen LogP contribution >= 0.6 is 0 Å². The molecular weight excluding hydrogens is 247 g/mol. The molecule has 1 aromatic carbocycles. The summed E-state index contributed by atoms with van der Waals surface area (Å²) in [5, 5.41) is 0.917. The van der Waals surface area contributed by atoms with Gasteiger partial charge in [-0.2, -0.15) is 13.2 Å². The lowest BCUT2D eigenvalue weighted by Crippen LogP contribution is -2.26. The molecule has 0 fully saturated rings. The molecular formula is C12H10F3NO2. The number of aromatic amines is 1. The molecule has 0 atom stereocenters. The Morgan fingerprint density at radius 2 is 2.00 bits per heavy atom. The number of carbonyl (C=O) groups excluding carboxylic acids is 1. The fourth-order valence-corrected chi connectivity index (χ4v) is 1.67. The largest absolute Gasteiger partial charge is 0.490 e. The normalized spacial score (nSPS) is 11.7. The second kappa shape index (κ2) is 4.72. The van der Waals surface area contributed by atoms with Gasteiger partial charge in [-0.15, -0.1) is 0 Å². The zero-order valence-corrected chi connectivity index (χ0v) is 9.25. The molecule has 0 aliphatic heterocycles. The zero-order valence-electron chi connectivity index (χ0n) is 9.25. The van der Waals surface area contributed by atoms with Crippen molar-refractivity contribution in [1.29, 1.82) is 0 Å². The Hall–Kier alpha value is -1.98. The van der Waals surface area contributed by atoms with Crippen molar-refractivity contribution in [2.24, 2.45) is 0 Å². The molecule has 0 aliphatic rings. The third-order valence-electron chi connectivity index (χ3n) is 2.51. The summed E-state index contributed by atoms with van der Waals surface area (Å²) >= 11 is 0. The molecule has 0 radical (unpaired) electrons. The van der Waals surface area contributed by atoms with Crippen LogP contribution in [0.2, 0.25) is 0 Å². The maximum Gasteiger partial charge on any atom is 0.490 e. The van der Waals surface area contributed by atoms with Gasteiger partial charge in [0.2, 0.25) is 0 Å². The first-order valence-corrected chi connectivity index (χ1v) is 5.27. The van der Waals surface area contributed by atoms with Gasteiger partial charge < -0.3 is 9.72 Å². The first kappa shape index (κ1) is 12.5. The van der Waals surface area contributed by atoms with E-state index in [9.17, 15) is 18.0 Å². The van der Waals surface area contributed by atoms with Gasteiger partial charge in [0.25, 0.3) is 0 Å². The fraction of sp³-hybridized carbons (Fsp3) is 0.250. The fourth-order valence-electron chi connectivity index (χ4n) is 1.67. The van der Waals surface area contributed by atoms with Crippen LogP contribution in [-0.4, -0.2) is 23.7 Å². The summed E-state index contributed by atoms with van der Waals surface area (Å²) in [6, 6.07) is 7.40. The van der Waals surface area contributed by atoms with Crippen molar-refractivity contribution in [2.75, 3.05) is 6.61 Å². The van der Waals surface area contributed by atoms with E-state index in [1.54, 1.807) is 6.20 Å². The molecule has 0 spiro atoms. The second-order valence-electron chi connectivity index (χ2n) is 3.74. The van der Waals surface area contributed by atoms with Gasteiger partial charge >= 0.3 is 12.1 Å².